The second kappa shape index (κ2) is 26.6. The first-order valence-corrected chi connectivity index (χ1v) is 28.0. The van der Waals surface area contributed by atoms with Crippen LogP contribution in [0.5, 0.6) is 5.75 Å². The lowest BCUT2D eigenvalue weighted by Gasteiger charge is -2.47. The highest BCUT2D eigenvalue weighted by Gasteiger charge is 2.49. The molecule has 0 bridgehead atoms. The molecule has 380 valence electrons. The summed E-state index contributed by atoms with van der Waals surface area (Å²) in [6.07, 6.45) is 5.77. The molecule has 19 heteroatoms. The molecule has 1 fully saturated rings. The maximum atomic E-state index is 13.8. The standard InChI is InChI=1S/C38H59N4O9P3.C13H11NO2/c1-4-49-36(52(43)44,30-33-16-10-7-11-17-33)40-24-22-39-23-25-41(37(50-5-2,53(45)46)31-34-18-12-8-13-19-34)27-29-42(28-26-40)38(51-6-3,54(47)48)32-35-20-14-9-15-21-35;1-9-6-7-12-14(8-9)13(15)10-4-2-3-5-11(10)16-12/h7-21,39,52-54H,4-6,22-32H2,1-3H3,(H,43,44)(H,45,46)(H,47,48);2-8,12H,1H3. The van der Waals surface area contributed by atoms with E-state index in [2.05, 4.69) is 5.32 Å². The van der Waals surface area contributed by atoms with E-state index < -0.39 is 40.5 Å². The SMILES string of the molecule is CC1=CN2C(=O)c3ccccc3OC2C=C1.CCOC(Cc1ccccc1)(N1CCNCCN(C(Cc2ccccc2)(OCC)[PH](=O)O)CCN(C(Cc2ccccc2)(OCC)[PH](=O)O)CC1)[PH](=O)O. The average Bonchev–Trinajstić information content (AvgIpc) is 3.35. The van der Waals surface area contributed by atoms with E-state index in [0.29, 0.717) is 37.5 Å². The summed E-state index contributed by atoms with van der Waals surface area (Å²) < 4.78 is 65.6. The van der Waals surface area contributed by atoms with Crippen LogP contribution in [0.3, 0.4) is 0 Å². The summed E-state index contributed by atoms with van der Waals surface area (Å²) in [4.78, 5) is 52.9. The lowest BCUT2D eigenvalue weighted by Crippen LogP contribution is -2.60. The van der Waals surface area contributed by atoms with Crippen molar-refractivity contribution in [2.45, 2.75) is 69.6 Å². The topological polar surface area (TPSA) is 191 Å². The molecule has 0 saturated carbocycles. The molecule has 7 rings (SSSR count). The van der Waals surface area contributed by atoms with E-state index in [1.807, 2.05) is 149 Å². The summed E-state index contributed by atoms with van der Waals surface area (Å²) in [5, 5.41) is 3.45. The Morgan fingerprint density at radius 2 is 0.957 bits per heavy atom. The summed E-state index contributed by atoms with van der Waals surface area (Å²) in [7, 11) is -10.2. The van der Waals surface area contributed by atoms with E-state index in [1.54, 1.807) is 31.7 Å². The maximum Gasteiger partial charge on any atom is 0.264 e. The number of nitrogens with zero attached hydrogens (tertiary/aromatic N) is 4. The Kier molecular flexibility index (Phi) is 21.0. The molecule has 1 saturated heterocycles. The average molecular weight is 1020 g/mol. The summed E-state index contributed by atoms with van der Waals surface area (Å²) in [5.41, 5.74) is -0.644. The van der Waals surface area contributed by atoms with Crippen LogP contribution in [0.2, 0.25) is 0 Å². The first-order valence-electron chi connectivity index (χ1n) is 24.0. The van der Waals surface area contributed by atoms with Gasteiger partial charge in [-0.3, -0.25) is 38.1 Å². The fraction of sp³-hybridized carbons (Fsp3) is 0.431. The largest absolute Gasteiger partial charge is 0.466 e. The zero-order chi connectivity index (χ0) is 50.2. The van der Waals surface area contributed by atoms with E-state index in [4.69, 9.17) is 18.9 Å². The zero-order valence-corrected chi connectivity index (χ0v) is 43.6. The number of amides is 1. The molecule has 7 atom stereocenters. The quantitative estimate of drug-likeness (QED) is 0.0744. The van der Waals surface area contributed by atoms with Crippen molar-refractivity contribution in [3.8, 4) is 5.75 Å². The molecule has 0 radical (unpaired) electrons. The molecule has 3 heterocycles. The zero-order valence-electron chi connectivity index (χ0n) is 40.6. The lowest BCUT2D eigenvalue weighted by atomic mass is 10.1. The third kappa shape index (κ3) is 13.5. The van der Waals surface area contributed by atoms with E-state index in [0.717, 1.165) is 22.3 Å². The molecule has 7 unspecified atom stereocenters. The van der Waals surface area contributed by atoms with Crippen LogP contribution in [0.25, 0.3) is 0 Å². The van der Waals surface area contributed by atoms with Crippen LogP contribution >= 0.6 is 24.1 Å². The number of ether oxygens (including phenoxy) is 4. The van der Waals surface area contributed by atoms with Gasteiger partial charge in [-0.25, -0.2) is 0 Å². The predicted octanol–water partition coefficient (Wildman–Crippen LogP) is 7.02. The van der Waals surface area contributed by atoms with Crippen molar-refractivity contribution < 1.29 is 52.1 Å². The Hall–Kier alpha value is -4.08. The Morgan fingerprint density at radius 3 is 1.34 bits per heavy atom. The number of para-hydroxylation sites is 1. The Labute approximate surface area is 414 Å². The third-order valence-corrected chi connectivity index (χ3v) is 16.6. The molecule has 70 heavy (non-hydrogen) atoms. The van der Waals surface area contributed by atoms with Crippen LogP contribution < -0.4 is 10.1 Å². The maximum absolute atomic E-state index is 13.8. The van der Waals surface area contributed by atoms with Gasteiger partial charge >= 0.3 is 0 Å². The van der Waals surface area contributed by atoms with Gasteiger partial charge in [-0.15, -0.1) is 0 Å². The van der Waals surface area contributed by atoms with E-state index in [1.165, 1.54) is 0 Å². The lowest BCUT2D eigenvalue weighted by molar-refractivity contribution is -0.131. The summed E-state index contributed by atoms with van der Waals surface area (Å²) in [6.45, 7) is 9.92. The smallest absolute Gasteiger partial charge is 0.264 e. The summed E-state index contributed by atoms with van der Waals surface area (Å²) in [5.74, 6) is 0.655. The first-order chi connectivity index (χ1) is 33.8. The minimum atomic E-state index is -3.48. The first kappa shape index (κ1) is 55.2. The van der Waals surface area contributed by atoms with E-state index in [9.17, 15) is 33.2 Å². The number of carbonyl (C=O) groups excluding carboxylic acids is 1. The van der Waals surface area contributed by atoms with Crippen molar-refractivity contribution in [3.05, 3.63) is 161 Å². The molecule has 0 aliphatic carbocycles. The van der Waals surface area contributed by atoms with Gasteiger partial charge in [0.05, 0.1) is 5.56 Å². The van der Waals surface area contributed by atoms with Gasteiger partial charge in [-0.1, -0.05) is 109 Å². The fourth-order valence-corrected chi connectivity index (χ4v) is 12.7. The monoisotopic (exact) mass is 1020 g/mol. The van der Waals surface area contributed by atoms with Crippen molar-refractivity contribution in [1.29, 1.82) is 0 Å². The molecule has 4 aromatic rings. The number of nitrogens with one attached hydrogen (secondary N) is 1. The molecule has 1 amide bonds. The van der Waals surface area contributed by atoms with Crippen LogP contribution in [0.1, 0.15) is 54.7 Å². The van der Waals surface area contributed by atoms with Crippen molar-refractivity contribution >= 4 is 30.0 Å². The Bertz CT molecular complexity index is 2340. The van der Waals surface area contributed by atoms with Gasteiger partial charge in [0.25, 0.3) is 5.91 Å². The molecular weight excluding hydrogens is 952 g/mol. The van der Waals surface area contributed by atoms with Crippen LogP contribution in [-0.2, 0) is 47.2 Å². The molecule has 3 aliphatic heterocycles. The van der Waals surface area contributed by atoms with Gasteiger partial charge in [0.1, 0.15) is 5.75 Å². The Morgan fingerprint density at radius 1 is 0.586 bits per heavy atom. The van der Waals surface area contributed by atoms with E-state index >= 15 is 0 Å². The normalized spacial score (nSPS) is 21.2. The van der Waals surface area contributed by atoms with Crippen molar-refractivity contribution in [2.75, 3.05) is 72.2 Å². The fourth-order valence-electron chi connectivity index (χ4n) is 9.32. The van der Waals surface area contributed by atoms with Gasteiger partial charge in [0.2, 0.25) is 24.1 Å². The molecule has 0 spiro atoms. The molecule has 4 aromatic carbocycles. The minimum absolute atomic E-state index is 0.00412. The highest BCUT2D eigenvalue weighted by atomic mass is 31.1. The molecule has 0 aromatic heterocycles. The van der Waals surface area contributed by atoms with Crippen molar-refractivity contribution in [3.63, 3.8) is 0 Å². The van der Waals surface area contributed by atoms with Gasteiger partial charge in [0.15, 0.2) is 22.6 Å². The highest BCUT2D eigenvalue weighted by Crippen LogP contribution is 2.47. The van der Waals surface area contributed by atoms with E-state index in [-0.39, 0.29) is 77.4 Å². The van der Waals surface area contributed by atoms with Crippen molar-refractivity contribution in [2.24, 2.45) is 0 Å². The number of carbonyl (C=O) groups is 1. The highest BCUT2D eigenvalue weighted by molar-refractivity contribution is 7.40. The number of fused-ring (bicyclic) bond motifs is 2. The third-order valence-electron chi connectivity index (χ3n) is 12.7. The number of hydrogen-bond acceptors (Lipinski definition) is 12. The summed E-state index contributed by atoms with van der Waals surface area (Å²) >= 11 is 0. The predicted molar refractivity (Wildman–Crippen MR) is 275 cm³/mol. The second-order valence-corrected chi connectivity index (χ2v) is 21.4. The molecular formula is C51H70N5O11P3. The minimum Gasteiger partial charge on any atom is -0.466 e. The van der Waals surface area contributed by atoms with Gasteiger partial charge in [-0.2, -0.15) is 0 Å². The van der Waals surface area contributed by atoms with Crippen LogP contribution in [-0.4, -0.2) is 135 Å². The number of benzene rings is 4. The molecule has 16 nitrogen and oxygen atoms in total. The summed E-state index contributed by atoms with van der Waals surface area (Å²) in [6, 6.07) is 35.6. The van der Waals surface area contributed by atoms with Crippen LogP contribution in [0, 0.1) is 0 Å². The number of hydrogen-bond donors (Lipinski definition) is 4. The number of rotatable bonds is 18. The van der Waals surface area contributed by atoms with Crippen molar-refractivity contribution in [1.82, 2.24) is 24.9 Å². The number of allylic oxidation sites excluding steroid dienone is 2. The van der Waals surface area contributed by atoms with Gasteiger partial charge < -0.3 is 38.9 Å². The van der Waals surface area contributed by atoms with Crippen LogP contribution in [0.15, 0.2) is 139 Å². The molecule has 4 N–H and O–H groups in total. The molecule has 3 aliphatic rings. The van der Waals surface area contributed by atoms with Crippen LogP contribution in [0.4, 0.5) is 0 Å². The Balaban J connectivity index is 0.000000417. The van der Waals surface area contributed by atoms with Gasteiger partial charge in [-0.05, 0) is 68.2 Å². The van der Waals surface area contributed by atoms with Gasteiger partial charge in [0, 0.05) is 97.6 Å². The second-order valence-electron chi connectivity index (χ2n) is 17.2.